The lowest BCUT2D eigenvalue weighted by Crippen LogP contribution is -2.54. The molecular weight excluding hydrogens is 625 g/mol. The van der Waals surface area contributed by atoms with Crippen molar-refractivity contribution in [1.29, 1.82) is 0 Å². The van der Waals surface area contributed by atoms with E-state index >= 15 is 4.11 Å². The van der Waals surface area contributed by atoms with Crippen molar-refractivity contribution in [2.45, 2.75) is 82.8 Å². The van der Waals surface area contributed by atoms with Crippen LogP contribution in [0.5, 0.6) is 5.75 Å². The maximum atomic E-state index is 16.2. The molecule has 4 heterocycles. The number of ether oxygens (including phenoxy) is 3. The van der Waals surface area contributed by atoms with Crippen LogP contribution in [0.2, 0.25) is 18.6 Å². The van der Waals surface area contributed by atoms with Gasteiger partial charge < -0.3 is 28.3 Å². The zero-order chi connectivity index (χ0) is 33.7. The molecule has 6 rings (SSSR count). The van der Waals surface area contributed by atoms with E-state index in [0.717, 1.165) is 5.56 Å². The summed E-state index contributed by atoms with van der Waals surface area (Å²) >= 11 is 0. The molecule has 1 spiro atoms. The first-order valence-corrected chi connectivity index (χ1v) is 18.8. The third-order valence-corrected chi connectivity index (χ3v) is 12.0. The fourth-order valence-electron chi connectivity index (χ4n) is 7.44. The molecule has 3 aliphatic heterocycles. The molecule has 47 heavy (non-hydrogen) atoms. The quantitative estimate of drug-likeness (QED) is 0.140. The molecule has 0 bridgehead atoms. The first kappa shape index (κ1) is 32.8. The molecule has 0 radical (unpaired) electrons. The van der Waals surface area contributed by atoms with Crippen LogP contribution < -0.4 is 14.5 Å². The average molecular weight is 666 g/mol. The summed E-state index contributed by atoms with van der Waals surface area (Å²) < 4.78 is 35.5. The number of fused-ring (bicyclic) bond motifs is 2. The van der Waals surface area contributed by atoms with E-state index in [0.29, 0.717) is 47.8 Å². The number of benzene rings is 2. The summed E-state index contributed by atoms with van der Waals surface area (Å²) in [6.07, 6.45) is 1.53. The molecule has 0 aliphatic carbocycles. The second-order valence-corrected chi connectivity index (χ2v) is 16.8. The minimum atomic E-state index is -3.36. The molecule has 1 N–H and O–H groups in total. The van der Waals surface area contributed by atoms with Crippen molar-refractivity contribution in [3.63, 3.8) is 0 Å². The SMILES string of the molecule is COc1ccc2c(c1)[C@]1(O[C@@H](CCn3cc(CCO)nn3)[C@H]([Si](C)(C)F)[C@H]1C)C(=O)N2Cc1ccc(N2C(=O)CC2OC(C)=O)cc1. The van der Waals surface area contributed by atoms with Crippen LogP contribution in [0.1, 0.15) is 43.5 Å². The fourth-order valence-corrected chi connectivity index (χ4v) is 9.99. The van der Waals surface area contributed by atoms with Crippen LogP contribution in [0, 0.1) is 5.92 Å². The van der Waals surface area contributed by atoms with Crippen molar-refractivity contribution in [3.8, 4) is 5.75 Å². The predicted molar refractivity (Wildman–Crippen MR) is 172 cm³/mol. The topological polar surface area (TPSA) is 136 Å². The van der Waals surface area contributed by atoms with Gasteiger partial charge in [0.25, 0.3) is 5.91 Å². The van der Waals surface area contributed by atoms with Crippen molar-refractivity contribution in [2.75, 3.05) is 23.5 Å². The van der Waals surface area contributed by atoms with Crippen LogP contribution in [0.4, 0.5) is 15.5 Å². The largest absolute Gasteiger partial charge is 0.497 e. The highest BCUT2D eigenvalue weighted by Gasteiger charge is 2.66. The number of β-lactam (4-membered cyclic amide) rings is 1. The molecule has 1 aromatic heterocycles. The average Bonchev–Trinajstić information content (AvgIpc) is 3.66. The van der Waals surface area contributed by atoms with Crippen LogP contribution in [-0.2, 0) is 49.0 Å². The molecule has 2 fully saturated rings. The summed E-state index contributed by atoms with van der Waals surface area (Å²) in [5.74, 6) is -0.773. The highest BCUT2D eigenvalue weighted by Crippen LogP contribution is 2.60. The highest BCUT2D eigenvalue weighted by atomic mass is 28.4. The number of methoxy groups -OCH3 is 1. The first-order chi connectivity index (χ1) is 22.4. The monoisotopic (exact) mass is 665 g/mol. The van der Waals surface area contributed by atoms with Crippen molar-refractivity contribution < 1.29 is 37.8 Å². The minimum Gasteiger partial charge on any atom is -0.497 e. The van der Waals surface area contributed by atoms with Gasteiger partial charge in [0.05, 0.1) is 37.6 Å². The molecule has 1 unspecified atom stereocenters. The molecule has 0 saturated carbocycles. The standard InChI is InChI=1S/C33H40FN5O7Si/c1-20-31(47(4,5)34)28(12-14-37-19-23(13-15-40)35-36-37)46-33(20)26-16-25(44-3)10-11-27(26)38(32(33)43)18-22-6-8-24(9-7-22)39-29(42)17-30(39)45-21(2)41/h6-11,16,19-20,28,30-31,40H,12-15,17-18H2,1-5H3/t20-,28+,30?,31-,33+/m1/s1. The Morgan fingerprint density at radius 1 is 1.19 bits per heavy atom. The van der Waals surface area contributed by atoms with Gasteiger partial charge in [-0.3, -0.25) is 24.0 Å². The van der Waals surface area contributed by atoms with Gasteiger partial charge in [0, 0.05) is 55.4 Å². The lowest BCUT2D eigenvalue weighted by Gasteiger charge is -2.39. The summed E-state index contributed by atoms with van der Waals surface area (Å²) in [5, 5.41) is 17.5. The Kier molecular flexibility index (Phi) is 8.70. The Hall–Kier alpha value is -4.14. The van der Waals surface area contributed by atoms with Crippen molar-refractivity contribution in [3.05, 3.63) is 65.5 Å². The lowest BCUT2D eigenvalue weighted by atomic mass is 9.82. The smallest absolute Gasteiger partial charge is 0.304 e. The number of nitrogens with zero attached hydrogens (tertiary/aromatic N) is 5. The molecule has 250 valence electrons. The number of carbonyl (C=O) groups excluding carboxylic acids is 3. The highest BCUT2D eigenvalue weighted by molar-refractivity contribution is 6.72. The summed E-state index contributed by atoms with van der Waals surface area (Å²) in [5.41, 5.74) is 1.49. The summed E-state index contributed by atoms with van der Waals surface area (Å²) in [7, 11) is -1.80. The van der Waals surface area contributed by atoms with Crippen LogP contribution in [0.15, 0.2) is 48.7 Å². The number of hydrogen-bond donors (Lipinski definition) is 1. The first-order valence-electron chi connectivity index (χ1n) is 15.8. The number of rotatable bonds is 11. The van der Waals surface area contributed by atoms with Gasteiger partial charge in [0.1, 0.15) is 5.75 Å². The zero-order valence-electron chi connectivity index (χ0n) is 27.2. The second-order valence-electron chi connectivity index (χ2n) is 13.0. The normalized spacial score (nSPS) is 25.3. The fraction of sp³-hybridized carbons (Fsp3) is 0.485. The van der Waals surface area contributed by atoms with Crippen LogP contribution in [-0.4, -0.2) is 72.3 Å². The van der Waals surface area contributed by atoms with Crippen molar-refractivity contribution in [2.24, 2.45) is 5.92 Å². The third-order valence-electron chi connectivity index (χ3n) is 9.53. The minimum absolute atomic E-state index is 0.0333. The zero-order valence-corrected chi connectivity index (χ0v) is 28.2. The number of halogens is 1. The van der Waals surface area contributed by atoms with Crippen LogP contribution >= 0.6 is 0 Å². The van der Waals surface area contributed by atoms with Gasteiger partial charge in [-0.15, -0.1) is 5.10 Å². The molecule has 3 aliphatic rings. The van der Waals surface area contributed by atoms with Crippen molar-refractivity contribution in [1.82, 2.24) is 15.0 Å². The van der Waals surface area contributed by atoms with Gasteiger partial charge in [0.15, 0.2) is 11.8 Å². The molecule has 12 nitrogen and oxygen atoms in total. The van der Waals surface area contributed by atoms with Crippen molar-refractivity contribution >= 4 is 37.6 Å². The van der Waals surface area contributed by atoms with E-state index < -0.39 is 43.8 Å². The van der Waals surface area contributed by atoms with Crippen LogP contribution in [0.25, 0.3) is 0 Å². The third kappa shape index (κ3) is 5.82. The number of aromatic nitrogens is 3. The molecular formula is C33H40FN5O7Si. The van der Waals surface area contributed by atoms with E-state index in [9.17, 15) is 19.5 Å². The van der Waals surface area contributed by atoms with E-state index in [1.807, 2.05) is 31.2 Å². The predicted octanol–water partition coefficient (Wildman–Crippen LogP) is 3.86. The maximum absolute atomic E-state index is 16.2. The number of aliphatic hydroxyl groups excluding tert-OH is 1. The van der Waals surface area contributed by atoms with Gasteiger partial charge in [-0.1, -0.05) is 24.3 Å². The van der Waals surface area contributed by atoms with Gasteiger partial charge >= 0.3 is 5.97 Å². The molecule has 14 heteroatoms. The van der Waals surface area contributed by atoms with E-state index in [2.05, 4.69) is 10.3 Å². The van der Waals surface area contributed by atoms with Gasteiger partial charge in [-0.2, -0.15) is 0 Å². The summed E-state index contributed by atoms with van der Waals surface area (Å²) in [4.78, 5) is 41.5. The molecule has 2 saturated heterocycles. The van der Waals surface area contributed by atoms with Gasteiger partial charge in [-0.05, 0) is 55.4 Å². The molecule has 2 aromatic carbocycles. The lowest BCUT2D eigenvalue weighted by molar-refractivity contribution is -0.154. The molecule has 5 atom stereocenters. The van der Waals surface area contributed by atoms with Crippen LogP contribution in [0.3, 0.4) is 0 Å². The summed E-state index contributed by atoms with van der Waals surface area (Å²) in [6.45, 7) is 7.15. The van der Waals surface area contributed by atoms with E-state index in [-0.39, 0.29) is 31.4 Å². The Morgan fingerprint density at radius 2 is 1.94 bits per heavy atom. The Morgan fingerprint density at radius 3 is 2.57 bits per heavy atom. The number of esters is 1. The number of aliphatic hydroxyl groups is 1. The number of amides is 2. The number of hydrogen-bond acceptors (Lipinski definition) is 9. The van der Waals surface area contributed by atoms with E-state index in [1.165, 1.54) is 11.8 Å². The van der Waals surface area contributed by atoms with E-state index in [1.54, 1.807) is 54.2 Å². The van der Waals surface area contributed by atoms with Gasteiger partial charge in [-0.25, -0.2) is 0 Å². The van der Waals surface area contributed by atoms with Gasteiger partial charge in [0.2, 0.25) is 14.3 Å². The Labute approximate surface area is 273 Å². The number of anilines is 2. The second kappa shape index (κ2) is 12.5. The van der Waals surface area contributed by atoms with E-state index in [4.69, 9.17) is 14.2 Å². The molecule has 3 aromatic rings. The number of carbonyl (C=O) groups is 3. The Bertz CT molecular complexity index is 1680. The molecule has 2 amide bonds. The number of aryl methyl sites for hydroxylation is 1. The summed E-state index contributed by atoms with van der Waals surface area (Å²) in [6, 6.07) is 12.7. The Balaban J connectivity index is 1.29. The maximum Gasteiger partial charge on any atom is 0.304 e.